The number of carbonyl (C=O) groups is 1. The van der Waals surface area contributed by atoms with Gasteiger partial charge in [0.1, 0.15) is 6.61 Å². The third-order valence-electron chi connectivity index (χ3n) is 5.05. The molecule has 1 saturated heterocycles. The highest BCUT2D eigenvalue weighted by Gasteiger charge is 2.24. The van der Waals surface area contributed by atoms with Gasteiger partial charge in [-0.25, -0.2) is 13.2 Å². The molecule has 164 valence electrons. The van der Waals surface area contributed by atoms with Crippen LogP contribution in [-0.2, 0) is 26.2 Å². The molecule has 31 heavy (non-hydrogen) atoms. The fourth-order valence-corrected chi connectivity index (χ4v) is 4.87. The van der Waals surface area contributed by atoms with E-state index in [1.165, 1.54) is 40.7 Å². The molecule has 1 fully saturated rings. The lowest BCUT2D eigenvalue weighted by molar-refractivity contribution is -0.385. The fraction of sp³-hybridized carbons (Fsp3) is 0.318. The van der Waals surface area contributed by atoms with Gasteiger partial charge in [0.05, 0.1) is 15.4 Å². The van der Waals surface area contributed by atoms with E-state index in [1.54, 1.807) is 24.3 Å². The lowest BCUT2D eigenvalue weighted by atomic mass is 10.2. The van der Waals surface area contributed by atoms with Gasteiger partial charge < -0.3 is 4.74 Å². The van der Waals surface area contributed by atoms with E-state index in [0.29, 0.717) is 24.2 Å². The van der Waals surface area contributed by atoms with Crippen molar-refractivity contribution < 1.29 is 22.9 Å². The van der Waals surface area contributed by atoms with Gasteiger partial charge in [-0.3, -0.25) is 10.1 Å². The second kappa shape index (κ2) is 10.3. The average molecular weight is 445 g/mol. The fourth-order valence-electron chi connectivity index (χ4n) is 3.35. The summed E-state index contributed by atoms with van der Waals surface area (Å²) in [6, 6.07) is 12.3. The number of nitrogens with zero attached hydrogens (tertiary/aromatic N) is 2. The van der Waals surface area contributed by atoms with Crippen LogP contribution in [0.1, 0.15) is 36.8 Å². The monoisotopic (exact) mass is 444 g/mol. The van der Waals surface area contributed by atoms with Gasteiger partial charge in [-0.2, -0.15) is 4.31 Å². The van der Waals surface area contributed by atoms with E-state index >= 15 is 0 Å². The Hall–Kier alpha value is -3.04. The van der Waals surface area contributed by atoms with Crippen molar-refractivity contribution in [3.63, 3.8) is 0 Å². The molecule has 0 bridgehead atoms. The van der Waals surface area contributed by atoms with Crippen molar-refractivity contribution in [2.45, 2.75) is 37.2 Å². The van der Waals surface area contributed by atoms with Crippen LogP contribution in [0.5, 0.6) is 0 Å². The van der Waals surface area contributed by atoms with Crippen LogP contribution in [0.4, 0.5) is 5.69 Å². The average Bonchev–Trinajstić information content (AvgIpc) is 3.07. The zero-order chi connectivity index (χ0) is 22.3. The maximum atomic E-state index is 12.8. The van der Waals surface area contributed by atoms with Gasteiger partial charge in [-0.05, 0) is 42.7 Å². The summed E-state index contributed by atoms with van der Waals surface area (Å²) in [5, 5.41) is 11.0. The molecule has 2 aromatic rings. The number of nitro benzene ring substituents is 1. The number of hydrogen-bond acceptors (Lipinski definition) is 6. The van der Waals surface area contributed by atoms with Crippen molar-refractivity contribution in [3.05, 3.63) is 75.8 Å². The molecule has 0 radical (unpaired) electrons. The zero-order valence-corrected chi connectivity index (χ0v) is 17.8. The highest BCUT2D eigenvalue weighted by atomic mass is 32.2. The number of esters is 1. The molecule has 0 aliphatic carbocycles. The molecule has 0 aromatic heterocycles. The predicted octanol–water partition coefficient (Wildman–Crippen LogP) is 3.92. The molecule has 9 heteroatoms. The van der Waals surface area contributed by atoms with E-state index in [1.807, 2.05) is 0 Å². The van der Waals surface area contributed by atoms with Crippen LogP contribution in [0, 0.1) is 10.1 Å². The molecule has 0 atom stereocenters. The Balaban J connectivity index is 1.60. The minimum absolute atomic E-state index is 0.111. The molecule has 2 aromatic carbocycles. The minimum atomic E-state index is -3.52. The first kappa shape index (κ1) is 22.6. The summed E-state index contributed by atoms with van der Waals surface area (Å²) in [7, 11) is -3.52. The Kier molecular flexibility index (Phi) is 7.54. The van der Waals surface area contributed by atoms with Crippen LogP contribution in [-0.4, -0.2) is 36.7 Å². The van der Waals surface area contributed by atoms with Crippen LogP contribution in [0.2, 0.25) is 0 Å². The van der Waals surface area contributed by atoms with Crippen molar-refractivity contribution in [1.29, 1.82) is 0 Å². The van der Waals surface area contributed by atoms with Crippen LogP contribution < -0.4 is 0 Å². The normalized spacial score (nSPS) is 15.5. The third kappa shape index (κ3) is 5.99. The van der Waals surface area contributed by atoms with E-state index in [0.717, 1.165) is 25.7 Å². The molecule has 0 saturated carbocycles. The number of rotatable bonds is 7. The minimum Gasteiger partial charge on any atom is -0.457 e. The second-order valence-corrected chi connectivity index (χ2v) is 9.15. The van der Waals surface area contributed by atoms with Crippen molar-refractivity contribution in [2.75, 3.05) is 13.1 Å². The van der Waals surface area contributed by atoms with Crippen LogP contribution >= 0.6 is 0 Å². The summed E-state index contributed by atoms with van der Waals surface area (Å²) in [6.07, 6.45) is 6.53. The standard InChI is InChI=1S/C22H24N2O6S/c25-22(30-17-19-7-3-4-8-21(19)24(26)27)14-11-18-9-12-20(13-10-18)31(28,29)23-15-5-1-2-6-16-23/h3-4,7-14H,1-2,5-6,15-17H2/b14-11+. The van der Waals surface area contributed by atoms with Gasteiger partial charge in [0.2, 0.25) is 10.0 Å². The molecule has 8 nitrogen and oxygen atoms in total. The smallest absolute Gasteiger partial charge is 0.331 e. The van der Waals surface area contributed by atoms with E-state index in [2.05, 4.69) is 0 Å². The Labute approximate surface area is 181 Å². The van der Waals surface area contributed by atoms with Gasteiger partial charge in [0.25, 0.3) is 5.69 Å². The largest absolute Gasteiger partial charge is 0.457 e. The molecule has 1 heterocycles. The molecule has 3 rings (SSSR count). The Bertz CT molecular complexity index is 1060. The Morgan fingerprint density at radius 2 is 1.68 bits per heavy atom. The summed E-state index contributed by atoms with van der Waals surface area (Å²) in [5.74, 6) is -0.653. The topological polar surface area (TPSA) is 107 Å². The molecule has 1 aliphatic rings. The summed E-state index contributed by atoms with van der Waals surface area (Å²) < 4.78 is 32.2. The van der Waals surface area contributed by atoms with E-state index in [9.17, 15) is 23.3 Å². The molecule has 0 amide bonds. The summed E-state index contributed by atoms with van der Waals surface area (Å²) >= 11 is 0. The molecule has 1 aliphatic heterocycles. The van der Waals surface area contributed by atoms with Crippen molar-refractivity contribution in [1.82, 2.24) is 4.31 Å². The van der Waals surface area contributed by atoms with Gasteiger partial charge in [-0.1, -0.05) is 37.1 Å². The van der Waals surface area contributed by atoms with Gasteiger partial charge in [0.15, 0.2) is 0 Å². The highest BCUT2D eigenvalue weighted by Crippen LogP contribution is 2.21. The third-order valence-corrected chi connectivity index (χ3v) is 6.97. The van der Waals surface area contributed by atoms with Crippen LogP contribution in [0.25, 0.3) is 6.08 Å². The quantitative estimate of drug-likeness (QED) is 0.277. The van der Waals surface area contributed by atoms with Crippen molar-refractivity contribution >= 4 is 27.8 Å². The van der Waals surface area contributed by atoms with E-state index < -0.39 is 20.9 Å². The Morgan fingerprint density at radius 3 is 2.32 bits per heavy atom. The Morgan fingerprint density at radius 1 is 1.03 bits per heavy atom. The highest BCUT2D eigenvalue weighted by molar-refractivity contribution is 7.89. The molecule has 0 N–H and O–H groups in total. The van der Waals surface area contributed by atoms with Crippen molar-refractivity contribution in [3.8, 4) is 0 Å². The van der Waals surface area contributed by atoms with Gasteiger partial charge in [0, 0.05) is 25.2 Å². The summed E-state index contributed by atoms with van der Waals surface area (Å²) in [4.78, 5) is 22.7. The first-order valence-electron chi connectivity index (χ1n) is 10.1. The van der Waals surface area contributed by atoms with E-state index in [-0.39, 0.29) is 17.2 Å². The van der Waals surface area contributed by atoms with Crippen LogP contribution in [0.15, 0.2) is 59.5 Å². The zero-order valence-electron chi connectivity index (χ0n) is 17.0. The number of nitro groups is 1. The summed E-state index contributed by atoms with van der Waals surface area (Å²) in [6.45, 7) is 0.859. The van der Waals surface area contributed by atoms with E-state index in [4.69, 9.17) is 4.74 Å². The summed E-state index contributed by atoms with van der Waals surface area (Å²) in [5.41, 5.74) is 0.829. The lowest BCUT2D eigenvalue weighted by Gasteiger charge is -2.19. The number of carbonyl (C=O) groups excluding carboxylic acids is 1. The molecule has 0 unspecified atom stereocenters. The number of hydrogen-bond donors (Lipinski definition) is 0. The first-order valence-corrected chi connectivity index (χ1v) is 11.5. The maximum Gasteiger partial charge on any atom is 0.331 e. The van der Waals surface area contributed by atoms with Gasteiger partial charge >= 0.3 is 5.97 Å². The maximum absolute atomic E-state index is 12.8. The second-order valence-electron chi connectivity index (χ2n) is 7.21. The van der Waals surface area contributed by atoms with Gasteiger partial charge in [-0.15, -0.1) is 0 Å². The molecular weight excluding hydrogens is 420 g/mol. The SMILES string of the molecule is O=C(/C=C/c1ccc(S(=O)(=O)N2CCCCCC2)cc1)OCc1ccccc1[N+](=O)[O-]. The predicted molar refractivity (Wildman–Crippen MR) is 116 cm³/mol. The molecular formula is C22H24N2O6S. The first-order chi connectivity index (χ1) is 14.9. The number of sulfonamides is 1. The lowest BCUT2D eigenvalue weighted by Crippen LogP contribution is -2.31. The number of ether oxygens (including phenoxy) is 1. The number of para-hydroxylation sites is 1. The van der Waals surface area contributed by atoms with Crippen molar-refractivity contribution in [2.24, 2.45) is 0 Å². The van der Waals surface area contributed by atoms with Crippen LogP contribution in [0.3, 0.4) is 0 Å². The number of benzene rings is 2. The molecule has 0 spiro atoms.